The summed E-state index contributed by atoms with van der Waals surface area (Å²) >= 11 is 0. The van der Waals surface area contributed by atoms with Crippen molar-refractivity contribution in [1.82, 2.24) is 0 Å². The van der Waals surface area contributed by atoms with Crippen LogP contribution in [-0.4, -0.2) is 13.9 Å². The van der Waals surface area contributed by atoms with Crippen LogP contribution >= 0.6 is 0 Å². The molecule has 0 saturated heterocycles. The van der Waals surface area contributed by atoms with Gasteiger partial charge in [0.25, 0.3) is 0 Å². The molecular formula is C30H38BN2+. The van der Waals surface area contributed by atoms with Crippen LogP contribution in [0.25, 0.3) is 16.5 Å². The fourth-order valence-corrected chi connectivity index (χ4v) is 6.14. The van der Waals surface area contributed by atoms with Gasteiger partial charge in [-0.1, -0.05) is 89.2 Å². The maximum Gasteiger partial charge on any atom is 0.396 e. The number of pyridine rings is 1. The molecule has 1 fully saturated rings. The maximum atomic E-state index is 2.53. The van der Waals surface area contributed by atoms with E-state index in [4.69, 9.17) is 0 Å². The minimum absolute atomic E-state index is 0.0932. The minimum atomic E-state index is 0.0932. The van der Waals surface area contributed by atoms with Gasteiger partial charge in [-0.2, -0.15) is 0 Å². The second-order valence-electron chi connectivity index (χ2n) is 11.3. The standard InChI is InChI=1S/C30H38BN2/c1-30(2,3)26-21-31(33(5)28-18-12-10-16-25(26)28)29-20-23(19-22-13-7-6-8-14-22)24-15-9-11-17-27(24)32(29)4/h9-12,15-18,20-22H,6-8,13-14,19H2,1-5H3/q+1. The van der Waals surface area contributed by atoms with Crippen LogP contribution in [0.5, 0.6) is 0 Å². The number of para-hydroxylation sites is 2. The zero-order chi connectivity index (χ0) is 23.2. The number of rotatable bonds is 3. The minimum Gasteiger partial charge on any atom is -0.405 e. The number of aromatic nitrogens is 1. The summed E-state index contributed by atoms with van der Waals surface area (Å²) in [6.07, 6.45) is 8.19. The molecule has 1 saturated carbocycles. The number of nitrogens with zero attached hydrogens (tertiary/aromatic N) is 2. The van der Waals surface area contributed by atoms with E-state index in [1.165, 1.54) is 77.4 Å². The molecule has 3 heteroatoms. The lowest BCUT2D eigenvalue weighted by atomic mass is 9.51. The second-order valence-corrected chi connectivity index (χ2v) is 11.3. The number of hydrogen-bond donors (Lipinski definition) is 0. The molecule has 0 spiro atoms. The van der Waals surface area contributed by atoms with Crippen LogP contribution in [0.3, 0.4) is 0 Å². The van der Waals surface area contributed by atoms with Gasteiger partial charge in [-0.15, -0.1) is 0 Å². The second kappa shape index (κ2) is 8.67. The average Bonchev–Trinajstić information content (AvgIpc) is 2.81. The van der Waals surface area contributed by atoms with Gasteiger partial charge in [0, 0.05) is 23.2 Å². The van der Waals surface area contributed by atoms with E-state index >= 15 is 0 Å². The van der Waals surface area contributed by atoms with Crippen LogP contribution in [0.4, 0.5) is 5.69 Å². The van der Waals surface area contributed by atoms with E-state index in [-0.39, 0.29) is 12.3 Å². The number of fused-ring (bicyclic) bond motifs is 2. The van der Waals surface area contributed by atoms with E-state index in [0.717, 1.165) is 5.92 Å². The molecule has 1 aliphatic heterocycles. The Kier molecular flexibility index (Phi) is 5.85. The highest BCUT2D eigenvalue weighted by molar-refractivity contribution is 6.81. The van der Waals surface area contributed by atoms with Crippen molar-refractivity contribution in [3.05, 3.63) is 71.7 Å². The van der Waals surface area contributed by atoms with E-state index in [1.54, 1.807) is 0 Å². The summed E-state index contributed by atoms with van der Waals surface area (Å²) < 4.78 is 2.44. The highest BCUT2D eigenvalue weighted by atomic mass is 15.1. The van der Waals surface area contributed by atoms with Gasteiger partial charge in [0.2, 0.25) is 5.52 Å². The smallest absolute Gasteiger partial charge is 0.396 e. The van der Waals surface area contributed by atoms with Gasteiger partial charge < -0.3 is 4.81 Å². The average molecular weight is 437 g/mol. The molecule has 2 heterocycles. The molecule has 3 aromatic rings. The largest absolute Gasteiger partial charge is 0.405 e. The van der Waals surface area contributed by atoms with Crippen molar-refractivity contribution in [3.8, 4) is 0 Å². The summed E-state index contributed by atoms with van der Waals surface area (Å²) in [4.78, 5) is 2.47. The molecule has 0 amide bonds. The van der Waals surface area contributed by atoms with E-state index in [9.17, 15) is 0 Å². The lowest BCUT2D eigenvalue weighted by Gasteiger charge is -2.36. The Labute approximate surface area is 200 Å². The third kappa shape index (κ3) is 4.11. The number of benzene rings is 2. The molecule has 2 aliphatic rings. The summed E-state index contributed by atoms with van der Waals surface area (Å²) in [5.41, 5.74) is 8.51. The molecular weight excluding hydrogens is 399 g/mol. The topological polar surface area (TPSA) is 7.12 Å². The monoisotopic (exact) mass is 437 g/mol. The van der Waals surface area contributed by atoms with Crippen molar-refractivity contribution >= 4 is 34.6 Å². The zero-order valence-electron chi connectivity index (χ0n) is 21.1. The summed E-state index contributed by atoms with van der Waals surface area (Å²) in [5, 5.41) is 1.42. The predicted octanol–water partition coefficient (Wildman–Crippen LogP) is 6.10. The van der Waals surface area contributed by atoms with E-state index in [0.29, 0.717) is 0 Å². The van der Waals surface area contributed by atoms with Crippen LogP contribution in [-0.2, 0) is 13.5 Å². The normalized spacial score (nSPS) is 17.3. The van der Waals surface area contributed by atoms with Gasteiger partial charge >= 0.3 is 6.85 Å². The molecule has 170 valence electrons. The van der Waals surface area contributed by atoms with Crippen molar-refractivity contribution in [3.63, 3.8) is 0 Å². The van der Waals surface area contributed by atoms with Crippen LogP contribution < -0.4 is 15.0 Å². The first-order valence-corrected chi connectivity index (χ1v) is 12.8. The van der Waals surface area contributed by atoms with Crippen molar-refractivity contribution in [2.75, 3.05) is 11.9 Å². The third-order valence-corrected chi connectivity index (χ3v) is 7.98. The zero-order valence-corrected chi connectivity index (χ0v) is 21.1. The van der Waals surface area contributed by atoms with E-state index < -0.39 is 0 Å². The summed E-state index contributed by atoms with van der Waals surface area (Å²) in [5.74, 6) is 3.35. The molecule has 0 unspecified atom stereocenters. The molecule has 0 radical (unpaired) electrons. The Hall–Kier alpha value is -2.55. The molecule has 5 rings (SSSR count). The van der Waals surface area contributed by atoms with Gasteiger partial charge in [0.15, 0.2) is 5.59 Å². The molecule has 0 bridgehead atoms. The summed E-state index contributed by atoms with van der Waals surface area (Å²) in [6.45, 7) is 7.24. The lowest BCUT2D eigenvalue weighted by molar-refractivity contribution is -0.627. The molecule has 2 nitrogen and oxygen atoms in total. The first kappa shape index (κ1) is 22.3. The van der Waals surface area contributed by atoms with Gasteiger partial charge in [0.1, 0.15) is 7.05 Å². The highest BCUT2D eigenvalue weighted by Crippen LogP contribution is 2.41. The maximum absolute atomic E-state index is 2.53. The van der Waals surface area contributed by atoms with Gasteiger partial charge in [-0.3, -0.25) is 0 Å². The number of allylic oxidation sites excluding steroid dienone is 1. The van der Waals surface area contributed by atoms with Crippen molar-refractivity contribution in [2.24, 2.45) is 18.4 Å². The number of anilines is 1. The quantitative estimate of drug-likeness (QED) is 0.355. The van der Waals surface area contributed by atoms with Gasteiger partial charge in [-0.05, 0) is 53.6 Å². The molecule has 1 aliphatic carbocycles. The fourth-order valence-electron chi connectivity index (χ4n) is 6.14. The van der Waals surface area contributed by atoms with Crippen molar-refractivity contribution in [2.45, 2.75) is 59.3 Å². The van der Waals surface area contributed by atoms with Crippen LogP contribution in [0, 0.1) is 11.3 Å². The van der Waals surface area contributed by atoms with Crippen molar-refractivity contribution < 1.29 is 4.57 Å². The Morgan fingerprint density at radius 3 is 2.42 bits per heavy atom. The predicted molar refractivity (Wildman–Crippen MR) is 143 cm³/mol. The molecule has 0 N–H and O–H groups in total. The Morgan fingerprint density at radius 1 is 0.970 bits per heavy atom. The van der Waals surface area contributed by atoms with Crippen LogP contribution in [0.1, 0.15) is 64.0 Å². The highest BCUT2D eigenvalue weighted by Gasteiger charge is 2.38. The Bertz CT molecular complexity index is 1200. The van der Waals surface area contributed by atoms with Crippen molar-refractivity contribution in [1.29, 1.82) is 0 Å². The van der Waals surface area contributed by atoms with E-state index in [2.05, 4.69) is 105 Å². The van der Waals surface area contributed by atoms with E-state index in [1.807, 2.05) is 0 Å². The number of hydrogen-bond acceptors (Lipinski definition) is 1. The SMILES string of the molecule is CN1B(c2cc(CC3CCCCC3)c3ccccc3[n+]2C)C=C(C(C)(C)C)c2ccccc21. The first-order chi connectivity index (χ1) is 15.8. The van der Waals surface area contributed by atoms with Gasteiger partial charge in [-0.25, -0.2) is 4.57 Å². The molecule has 0 atom stereocenters. The van der Waals surface area contributed by atoms with Crippen LogP contribution in [0.2, 0.25) is 0 Å². The first-order valence-electron chi connectivity index (χ1n) is 12.8. The fraction of sp³-hybridized carbons (Fsp3) is 0.433. The molecule has 2 aromatic carbocycles. The summed E-state index contributed by atoms with van der Waals surface area (Å²) in [6, 6.07) is 20.5. The van der Waals surface area contributed by atoms with Crippen LogP contribution in [0.15, 0.2) is 60.6 Å². The number of aryl methyl sites for hydroxylation is 1. The molecule has 33 heavy (non-hydrogen) atoms. The van der Waals surface area contributed by atoms with Gasteiger partial charge in [0.05, 0.1) is 0 Å². The lowest BCUT2D eigenvalue weighted by Crippen LogP contribution is -2.61. The Balaban J connectivity index is 1.67. The summed E-state index contributed by atoms with van der Waals surface area (Å²) in [7, 11) is 4.51. The molecule has 1 aromatic heterocycles. The Morgan fingerprint density at radius 2 is 1.67 bits per heavy atom. The third-order valence-electron chi connectivity index (χ3n) is 7.98.